The van der Waals surface area contributed by atoms with E-state index in [0.717, 1.165) is 49.9 Å². The van der Waals surface area contributed by atoms with Crippen LogP contribution in [0.3, 0.4) is 0 Å². The molecule has 1 N–H and O–H groups in total. The molecule has 200 valence electrons. The van der Waals surface area contributed by atoms with E-state index < -0.39 is 12.1 Å². The average molecular weight is 489 g/mol. The van der Waals surface area contributed by atoms with E-state index in [-0.39, 0.29) is 17.9 Å². The summed E-state index contributed by atoms with van der Waals surface area (Å²) in [4.78, 5) is 0. The Morgan fingerprint density at radius 2 is 1.71 bits per heavy atom. The number of halogens is 3. The van der Waals surface area contributed by atoms with Crippen LogP contribution >= 0.6 is 0 Å². The number of alkyl halides is 3. The van der Waals surface area contributed by atoms with Gasteiger partial charge < -0.3 is 9.84 Å². The molecule has 8 unspecified atom stereocenters. The molecule has 0 saturated heterocycles. The van der Waals surface area contributed by atoms with Gasteiger partial charge in [-0.1, -0.05) is 52.7 Å². The minimum atomic E-state index is -4.05. The molecule has 34 heavy (non-hydrogen) atoms. The minimum absolute atomic E-state index is 0.158. The van der Waals surface area contributed by atoms with Crippen molar-refractivity contribution in [3.8, 4) is 0 Å². The third-order valence-corrected chi connectivity index (χ3v) is 10.0. The maximum absolute atomic E-state index is 12.9. The second-order valence-corrected chi connectivity index (χ2v) is 11.8. The van der Waals surface area contributed by atoms with Crippen LogP contribution in [0.5, 0.6) is 0 Å². The Balaban J connectivity index is 0.000000758. The highest BCUT2D eigenvalue weighted by Crippen LogP contribution is 2.66. The highest BCUT2D eigenvalue weighted by molar-refractivity contribution is 5.25. The first-order chi connectivity index (χ1) is 16.0. The van der Waals surface area contributed by atoms with E-state index >= 15 is 0 Å². The Hall–Kier alpha value is -0.550. The molecule has 0 radical (unpaired) electrons. The number of methoxy groups -OCH3 is 1. The number of allylic oxidation sites excluding steroid dienone is 1. The van der Waals surface area contributed by atoms with Crippen LogP contribution in [0, 0.1) is 40.4 Å². The molecule has 5 heteroatoms. The Morgan fingerprint density at radius 1 is 1.06 bits per heavy atom. The monoisotopic (exact) mass is 488 g/mol. The lowest BCUT2D eigenvalue weighted by Gasteiger charge is -2.58. The predicted octanol–water partition coefficient (Wildman–Crippen LogP) is 8.58. The van der Waals surface area contributed by atoms with Gasteiger partial charge in [0.2, 0.25) is 0 Å². The summed E-state index contributed by atoms with van der Waals surface area (Å²) in [5.74, 6) is 1.62. The zero-order chi connectivity index (χ0) is 25.7. The van der Waals surface area contributed by atoms with E-state index in [9.17, 15) is 18.3 Å². The van der Waals surface area contributed by atoms with E-state index in [1.165, 1.54) is 38.2 Å². The molecule has 8 atom stereocenters. The van der Waals surface area contributed by atoms with Gasteiger partial charge in [0.05, 0.1) is 12.0 Å². The average Bonchev–Trinajstić information content (AvgIpc) is 3.12. The van der Waals surface area contributed by atoms with Crippen molar-refractivity contribution in [2.45, 2.75) is 118 Å². The van der Waals surface area contributed by atoms with Gasteiger partial charge in [-0.05, 0) is 98.7 Å². The second kappa shape index (κ2) is 12.1. The molecule has 0 spiro atoms. The van der Waals surface area contributed by atoms with E-state index in [2.05, 4.69) is 24.7 Å². The molecular formula is C29H51F3O2. The van der Waals surface area contributed by atoms with Crippen LogP contribution in [0.25, 0.3) is 0 Å². The van der Waals surface area contributed by atoms with Crippen LogP contribution in [-0.2, 0) is 4.74 Å². The fourth-order valence-corrected chi connectivity index (χ4v) is 8.06. The van der Waals surface area contributed by atoms with Crippen molar-refractivity contribution in [3.05, 3.63) is 11.6 Å². The van der Waals surface area contributed by atoms with Crippen LogP contribution in [-0.4, -0.2) is 31.6 Å². The quantitative estimate of drug-likeness (QED) is 0.402. The van der Waals surface area contributed by atoms with Crippen molar-refractivity contribution in [2.24, 2.45) is 40.4 Å². The Labute approximate surface area is 207 Å². The Kier molecular flexibility index (Phi) is 10.6. The second-order valence-electron chi connectivity index (χ2n) is 11.8. The van der Waals surface area contributed by atoms with Crippen molar-refractivity contribution in [3.63, 3.8) is 0 Å². The molecule has 4 aliphatic rings. The van der Waals surface area contributed by atoms with E-state index in [1.54, 1.807) is 14.2 Å². The molecular weight excluding hydrogens is 437 g/mol. The highest BCUT2D eigenvalue weighted by Gasteiger charge is 2.58. The summed E-state index contributed by atoms with van der Waals surface area (Å²) in [6.07, 6.45) is 9.25. The van der Waals surface area contributed by atoms with Crippen LogP contribution in [0.4, 0.5) is 13.2 Å². The third kappa shape index (κ3) is 6.05. The number of aliphatic hydroxyl groups is 1. The van der Waals surface area contributed by atoms with Crippen LogP contribution < -0.4 is 0 Å². The van der Waals surface area contributed by atoms with E-state index in [4.69, 9.17) is 0 Å². The van der Waals surface area contributed by atoms with Gasteiger partial charge in [0.25, 0.3) is 0 Å². The zero-order valence-electron chi connectivity index (χ0n) is 22.8. The largest absolute Gasteiger partial charge is 0.393 e. The molecule has 0 amide bonds. The summed E-state index contributed by atoms with van der Waals surface area (Å²) in [7, 11) is 3.25. The van der Waals surface area contributed by atoms with Crippen molar-refractivity contribution < 1.29 is 23.0 Å². The first-order valence-electron chi connectivity index (χ1n) is 13.8. The van der Waals surface area contributed by atoms with Crippen molar-refractivity contribution in [1.82, 2.24) is 0 Å². The number of hydrogen-bond acceptors (Lipinski definition) is 2. The summed E-state index contributed by atoms with van der Waals surface area (Å²) in [6.45, 7) is 10.2. The van der Waals surface area contributed by atoms with Gasteiger partial charge in [-0.15, -0.1) is 0 Å². The molecule has 0 bridgehead atoms. The fourth-order valence-electron chi connectivity index (χ4n) is 8.06. The first-order valence-corrected chi connectivity index (χ1v) is 13.8. The Morgan fingerprint density at radius 3 is 2.32 bits per heavy atom. The topological polar surface area (TPSA) is 29.5 Å². The maximum atomic E-state index is 12.9. The summed E-state index contributed by atoms with van der Waals surface area (Å²) in [6, 6.07) is 0. The number of fused-ring (bicyclic) bond motifs is 5. The molecule has 0 aliphatic heterocycles. The van der Waals surface area contributed by atoms with Gasteiger partial charge in [0.15, 0.2) is 0 Å². The summed E-state index contributed by atoms with van der Waals surface area (Å²) in [5.41, 5.74) is 2.10. The van der Waals surface area contributed by atoms with Crippen LogP contribution in [0.15, 0.2) is 11.6 Å². The minimum Gasteiger partial charge on any atom is -0.393 e. The van der Waals surface area contributed by atoms with Gasteiger partial charge in [-0.3, -0.25) is 0 Å². The number of hydrogen-bond donors (Lipinski definition) is 1. The zero-order valence-corrected chi connectivity index (χ0v) is 22.8. The predicted molar refractivity (Wildman–Crippen MR) is 135 cm³/mol. The summed E-state index contributed by atoms with van der Waals surface area (Å²) in [5, 5.41) is 10.1. The number of ether oxygens (including phenoxy) is 1. The molecule has 4 rings (SSSR count). The fraction of sp³-hybridized carbons (Fsp3) is 0.931. The summed E-state index contributed by atoms with van der Waals surface area (Å²) < 4.78 is 42.8. The molecule has 0 aromatic carbocycles. The lowest BCUT2D eigenvalue weighted by atomic mass is 9.47. The molecule has 2 nitrogen and oxygen atoms in total. The van der Waals surface area contributed by atoms with Crippen molar-refractivity contribution >= 4 is 0 Å². The van der Waals surface area contributed by atoms with Gasteiger partial charge in [-0.2, -0.15) is 13.2 Å². The van der Waals surface area contributed by atoms with Crippen molar-refractivity contribution in [1.29, 1.82) is 0 Å². The van der Waals surface area contributed by atoms with Gasteiger partial charge in [0.1, 0.15) is 0 Å². The number of aliphatic hydroxyl groups excluding tert-OH is 1. The maximum Gasteiger partial charge on any atom is 0.391 e. The van der Waals surface area contributed by atoms with Gasteiger partial charge in [0, 0.05) is 14.2 Å². The standard InChI is InChI=1S/C25H39F3O.C2H6O.C2H6/c1-16(25(26,27)28)5-4-6-17-8-10-21-20-9-7-18-15-19(29)11-13-24(18,3)22(20)12-14-23(17,21)2;1-3-2;1-2/h7,16-17,19-22,29H,4-6,8-15H2,1-3H3;1-2H3;1-2H3. The van der Waals surface area contributed by atoms with E-state index in [0.29, 0.717) is 17.8 Å². The van der Waals surface area contributed by atoms with Crippen LogP contribution in [0.1, 0.15) is 105 Å². The molecule has 0 aromatic rings. The van der Waals surface area contributed by atoms with Crippen molar-refractivity contribution in [2.75, 3.05) is 14.2 Å². The summed E-state index contributed by atoms with van der Waals surface area (Å²) >= 11 is 0. The number of rotatable bonds is 4. The first kappa shape index (κ1) is 29.7. The normalized spacial score (nSPS) is 39.7. The lowest BCUT2D eigenvalue weighted by molar-refractivity contribution is -0.171. The lowest BCUT2D eigenvalue weighted by Crippen LogP contribution is -2.50. The smallest absolute Gasteiger partial charge is 0.391 e. The van der Waals surface area contributed by atoms with Gasteiger partial charge in [-0.25, -0.2) is 0 Å². The van der Waals surface area contributed by atoms with E-state index in [1.807, 2.05) is 13.8 Å². The Bertz CT molecular complexity index is 660. The molecule has 0 heterocycles. The van der Waals surface area contributed by atoms with Gasteiger partial charge >= 0.3 is 6.18 Å². The third-order valence-electron chi connectivity index (χ3n) is 10.0. The van der Waals surface area contributed by atoms with Crippen LogP contribution in [0.2, 0.25) is 0 Å². The molecule has 3 fully saturated rings. The SMILES string of the molecule is CC.CC(CCCC1CCC2C3CC=C4CC(O)CCC4(C)C3CCC12C)C(F)(F)F.COC. The molecule has 3 saturated carbocycles. The highest BCUT2D eigenvalue weighted by atomic mass is 19.4. The molecule has 4 aliphatic carbocycles. The molecule has 0 aromatic heterocycles.